The maximum atomic E-state index is 4.79. The van der Waals surface area contributed by atoms with Gasteiger partial charge < -0.3 is 0 Å². The third-order valence-corrected chi connectivity index (χ3v) is 4.01. The van der Waals surface area contributed by atoms with Crippen LogP contribution in [0.15, 0.2) is 63.3 Å². The molecule has 0 bridgehead atoms. The first-order valence-electron chi connectivity index (χ1n) is 5.82. The van der Waals surface area contributed by atoms with Gasteiger partial charge in [-0.05, 0) is 24.6 Å². The fraction of sp³-hybridized carbons (Fsp3) is 0.133. The van der Waals surface area contributed by atoms with Crippen molar-refractivity contribution in [2.45, 2.75) is 23.1 Å². The summed E-state index contributed by atoms with van der Waals surface area (Å²) >= 11 is 1.81. The summed E-state index contributed by atoms with van der Waals surface area (Å²) in [6.45, 7) is 2.16. The number of nitrogens with zero attached hydrogens (tertiary/aromatic N) is 1. The summed E-state index contributed by atoms with van der Waals surface area (Å²) in [5.41, 5.74) is 3.54. The molecule has 0 aromatic heterocycles. The molecule has 1 nitrogen and oxygen atoms in total. The van der Waals surface area contributed by atoms with Crippen molar-refractivity contribution in [3.63, 3.8) is 0 Å². The summed E-state index contributed by atoms with van der Waals surface area (Å²) in [5, 5.41) is 0. The minimum atomic E-state index is 0.964. The van der Waals surface area contributed by atoms with Crippen molar-refractivity contribution in [2.75, 3.05) is 0 Å². The second-order valence-corrected chi connectivity index (χ2v) is 5.06. The van der Waals surface area contributed by atoms with Crippen LogP contribution in [-0.2, 0) is 0 Å². The van der Waals surface area contributed by atoms with Crippen LogP contribution >= 0.6 is 11.8 Å². The highest BCUT2D eigenvalue weighted by molar-refractivity contribution is 7.99. The van der Waals surface area contributed by atoms with Crippen LogP contribution in [0.2, 0.25) is 0 Å². The Labute approximate surface area is 106 Å². The zero-order valence-corrected chi connectivity index (χ0v) is 10.5. The lowest BCUT2D eigenvalue weighted by atomic mass is 10.1. The Morgan fingerprint density at radius 2 is 1.65 bits per heavy atom. The molecule has 0 unspecified atom stereocenters. The maximum absolute atomic E-state index is 4.79. The zero-order valence-electron chi connectivity index (χ0n) is 9.68. The van der Waals surface area contributed by atoms with E-state index in [2.05, 4.69) is 49.4 Å². The van der Waals surface area contributed by atoms with E-state index >= 15 is 0 Å². The SMILES string of the molecule is CCC1=Nc2ccccc2Sc2ccccc21. The fourth-order valence-corrected chi connectivity index (χ4v) is 3.07. The van der Waals surface area contributed by atoms with Crippen LogP contribution < -0.4 is 0 Å². The van der Waals surface area contributed by atoms with Crippen LogP contribution in [0.3, 0.4) is 0 Å². The molecule has 1 aliphatic heterocycles. The smallest absolute Gasteiger partial charge is 0.0772 e. The lowest BCUT2D eigenvalue weighted by molar-refractivity contribution is 1.24. The minimum Gasteiger partial charge on any atom is -0.252 e. The lowest BCUT2D eigenvalue weighted by Gasteiger charge is -2.05. The minimum absolute atomic E-state index is 0.964. The van der Waals surface area contributed by atoms with Gasteiger partial charge in [0.1, 0.15) is 0 Å². The van der Waals surface area contributed by atoms with Crippen LogP contribution in [0.4, 0.5) is 5.69 Å². The van der Waals surface area contributed by atoms with Crippen LogP contribution in [0, 0.1) is 0 Å². The van der Waals surface area contributed by atoms with Gasteiger partial charge >= 0.3 is 0 Å². The van der Waals surface area contributed by atoms with E-state index in [9.17, 15) is 0 Å². The number of hydrogen-bond acceptors (Lipinski definition) is 2. The normalized spacial score (nSPS) is 13.4. The molecule has 2 aromatic rings. The van der Waals surface area contributed by atoms with Gasteiger partial charge in [-0.25, -0.2) is 0 Å². The van der Waals surface area contributed by atoms with Crippen molar-refractivity contribution in [1.82, 2.24) is 0 Å². The molecule has 3 rings (SSSR count). The molecule has 84 valence electrons. The number of aliphatic imine (C=N–C) groups is 1. The molecule has 0 atom stereocenters. The van der Waals surface area contributed by atoms with Crippen molar-refractivity contribution >= 4 is 23.2 Å². The molecular formula is C15H13NS. The zero-order chi connectivity index (χ0) is 11.7. The topological polar surface area (TPSA) is 12.4 Å². The average molecular weight is 239 g/mol. The molecule has 0 spiro atoms. The summed E-state index contributed by atoms with van der Waals surface area (Å²) in [5.74, 6) is 0. The van der Waals surface area contributed by atoms with Crippen LogP contribution in [0.25, 0.3) is 0 Å². The Hall–Kier alpha value is -1.54. The first-order valence-corrected chi connectivity index (χ1v) is 6.64. The predicted octanol–water partition coefficient (Wildman–Crippen LogP) is 4.68. The number of benzene rings is 2. The van der Waals surface area contributed by atoms with Crippen molar-refractivity contribution in [3.8, 4) is 0 Å². The molecule has 0 saturated carbocycles. The Bertz CT molecular complexity index is 587. The van der Waals surface area contributed by atoms with E-state index < -0.39 is 0 Å². The van der Waals surface area contributed by atoms with Gasteiger partial charge in [-0.15, -0.1) is 0 Å². The first kappa shape index (κ1) is 10.6. The van der Waals surface area contributed by atoms with Gasteiger partial charge in [0, 0.05) is 21.1 Å². The van der Waals surface area contributed by atoms with Crippen molar-refractivity contribution in [1.29, 1.82) is 0 Å². The van der Waals surface area contributed by atoms with Gasteiger partial charge in [0.15, 0.2) is 0 Å². The highest BCUT2D eigenvalue weighted by atomic mass is 32.2. The number of hydrogen-bond donors (Lipinski definition) is 0. The second kappa shape index (κ2) is 4.38. The molecule has 2 heteroatoms. The molecule has 0 saturated heterocycles. The van der Waals surface area contributed by atoms with Gasteiger partial charge in [-0.3, -0.25) is 4.99 Å². The largest absolute Gasteiger partial charge is 0.252 e. The third-order valence-electron chi connectivity index (χ3n) is 2.87. The molecule has 0 aliphatic carbocycles. The Balaban J connectivity index is 2.24. The lowest BCUT2D eigenvalue weighted by Crippen LogP contribution is -1.98. The summed E-state index contributed by atoms with van der Waals surface area (Å²) < 4.78 is 0. The monoisotopic (exact) mass is 239 g/mol. The van der Waals surface area contributed by atoms with Crippen molar-refractivity contribution in [3.05, 3.63) is 54.1 Å². The highest BCUT2D eigenvalue weighted by Crippen LogP contribution is 2.40. The maximum Gasteiger partial charge on any atom is 0.0772 e. The average Bonchev–Trinajstić information content (AvgIpc) is 2.54. The van der Waals surface area contributed by atoms with Crippen LogP contribution in [0.5, 0.6) is 0 Å². The molecule has 1 heterocycles. The third kappa shape index (κ3) is 1.89. The Kier molecular flexibility index (Phi) is 2.73. The van der Waals surface area contributed by atoms with Crippen molar-refractivity contribution in [2.24, 2.45) is 4.99 Å². The quantitative estimate of drug-likeness (QED) is 0.703. The van der Waals surface area contributed by atoms with Gasteiger partial charge in [-0.1, -0.05) is 49.0 Å². The van der Waals surface area contributed by atoms with E-state index in [1.165, 1.54) is 21.1 Å². The van der Waals surface area contributed by atoms with Gasteiger partial charge in [0.25, 0.3) is 0 Å². The summed E-state index contributed by atoms with van der Waals surface area (Å²) in [6.07, 6.45) is 0.964. The van der Waals surface area contributed by atoms with E-state index in [0.29, 0.717) is 0 Å². The Morgan fingerprint density at radius 3 is 2.47 bits per heavy atom. The van der Waals surface area contributed by atoms with Crippen LogP contribution in [0.1, 0.15) is 18.9 Å². The fourth-order valence-electron chi connectivity index (χ4n) is 2.02. The number of para-hydroxylation sites is 1. The van der Waals surface area contributed by atoms with Crippen LogP contribution in [-0.4, -0.2) is 5.71 Å². The van der Waals surface area contributed by atoms with E-state index in [4.69, 9.17) is 4.99 Å². The van der Waals surface area contributed by atoms with E-state index in [1.807, 2.05) is 17.8 Å². The summed E-state index contributed by atoms with van der Waals surface area (Å²) in [6, 6.07) is 16.9. The van der Waals surface area contributed by atoms with E-state index in [0.717, 1.165) is 12.1 Å². The van der Waals surface area contributed by atoms with Crippen molar-refractivity contribution < 1.29 is 0 Å². The molecule has 1 aliphatic rings. The summed E-state index contributed by atoms with van der Waals surface area (Å²) in [4.78, 5) is 7.34. The molecule has 17 heavy (non-hydrogen) atoms. The number of fused-ring (bicyclic) bond motifs is 2. The summed E-state index contributed by atoms with van der Waals surface area (Å²) in [7, 11) is 0. The molecule has 2 aromatic carbocycles. The van der Waals surface area contributed by atoms with E-state index in [1.54, 1.807) is 0 Å². The van der Waals surface area contributed by atoms with Gasteiger partial charge in [-0.2, -0.15) is 0 Å². The highest BCUT2D eigenvalue weighted by Gasteiger charge is 2.14. The van der Waals surface area contributed by atoms with Gasteiger partial charge in [0.05, 0.1) is 5.69 Å². The Morgan fingerprint density at radius 1 is 0.941 bits per heavy atom. The molecule has 0 radical (unpaired) electrons. The molecule has 0 N–H and O–H groups in total. The van der Waals surface area contributed by atoms with E-state index in [-0.39, 0.29) is 0 Å². The van der Waals surface area contributed by atoms with Gasteiger partial charge in [0.2, 0.25) is 0 Å². The first-order chi connectivity index (χ1) is 8.38. The molecule has 0 fully saturated rings. The standard InChI is InChI=1S/C15H13NS/c1-2-12-11-7-3-5-9-14(11)17-15-10-6-4-8-13(15)16-12/h3-10H,2H2,1H3. The molecule has 0 amide bonds. The molecular weight excluding hydrogens is 226 g/mol. The number of rotatable bonds is 1. The predicted molar refractivity (Wildman–Crippen MR) is 73.5 cm³/mol. The second-order valence-electron chi connectivity index (χ2n) is 3.98.